The van der Waals surface area contributed by atoms with Crippen molar-refractivity contribution in [2.45, 2.75) is 20.0 Å². The second-order valence-corrected chi connectivity index (χ2v) is 6.53. The van der Waals surface area contributed by atoms with Gasteiger partial charge in [-0.05, 0) is 41.6 Å². The molecule has 0 aliphatic carbocycles. The van der Waals surface area contributed by atoms with Crippen molar-refractivity contribution in [3.8, 4) is 22.9 Å². The number of nitrogens with zero attached hydrogens (tertiary/aromatic N) is 3. The van der Waals surface area contributed by atoms with E-state index in [9.17, 15) is 0 Å². The van der Waals surface area contributed by atoms with Crippen LogP contribution in [0.25, 0.3) is 21.5 Å². The standard InChI is InChI=1S/C19H17N3O3S/c1-3-12-10-26-19-17(12)18(20-11-21-19)24-9-15-8-16(22-25-15)13-4-6-14(23-2)7-5-13/h4-8,10-11H,3,9H2,1-2H3. The van der Waals surface area contributed by atoms with Gasteiger partial charge in [0.1, 0.15) is 22.6 Å². The molecule has 0 atom stereocenters. The zero-order chi connectivity index (χ0) is 17.9. The zero-order valence-corrected chi connectivity index (χ0v) is 15.2. The first-order valence-corrected chi connectivity index (χ1v) is 9.10. The molecular formula is C19H17N3O3S. The summed E-state index contributed by atoms with van der Waals surface area (Å²) < 4.78 is 16.5. The van der Waals surface area contributed by atoms with Crippen LogP contribution in [0, 0.1) is 0 Å². The summed E-state index contributed by atoms with van der Waals surface area (Å²) in [5.41, 5.74) is 2.90. The molecule has 0 N–H and O–H groups in total. The van der Waals surface area contributed by atoms with Crippen LogP contribution >= 0.6 is 11.3 Å². The highest BCUT2D eigenvalue weighted by atomic mass is 32.1. The Balaban J connectivity index is 1.52. The van der Waals surface area contributed by atoms with Gasteiger partial charge in [-0.2, -0.15) is 0 Å². The Bertz CT molecular complexity index is 1020. The number of methoxy groups -OCH3 is 1. The minimum atomic E-state index is 0.258. The van der Waals surface area contributed by atoms with Crippen LogP contribution in [-0.4, -0.2) is 22.2 Å². The number of benzene rings is 1. The number of hydrogen-bond donors (Lipinski definition) is 0. The predicted octanol–water partition coefficient (Wildman–Crippen LogP) is 4.50. The second kappa shape index (κ2) is 7.13. The molecule has 4 aromatic rings. The van der Waals surface area contributed by atoms with E-state index >= 15 is 0 Å². The van der Waals surface area contributed by atoms with Crippen LogP contribution in [0.4, 0.5) is 0 Å². The summed E-state index contributed by atoms with van der Waals surface area (Å²) in [4.78, 5) is 9.52. The maximum Gasteiger partial charge on any atom is 0.226 e. The Morgan fingerprint density at radius 2 is 2.00 bits per heavy atom. The molecule has 26 heavy (non-hydrogen) atoms. The van der Waals surface area contributed by atoms with Crippen molar-refractivity contribution in [3.63, 3.8) is 0 Å². The lowest BCUT2D eigenvalue weighted by Crippen LogP contribution is -1.97. The number of aryl methyl sites for hydroxylation is 1. The number of aromatic nitrogens is 3. The van der Waals surface area contributed by atoms with E-state index in [1.54, 1.807) is 18.4 Å². The minimum absolute atomic E-state index is 0.258. The molecule has 0 saturated carbocycles. The molecule has 6 nitrogen and oxygen atoms in total. The normalized spacial score (nSPS) is 11.0. The van der Waals surface area contributed by atoms with Crippen molar-refractivity contribution in [2.24, 2.45) is 0 Å². The third kappa shape index (κ3) is 3.13. The number of fused-ring (bicyclic) bond motifs is 1. The van der Waals surface area contributed by atoms with Gasteiger partial charge in [-0.1, -0.05) is 12.1 Å². The smallest absolute Gasteiger partial charge is 0.226 e. The highest BCUT2D eigenvalue weighted by Crippen LogP contribution is 2.31. The first kappa shape index (κ1) is 16.5. The third-order valence-corrected chi connectivity index (χ3v) is 5.02. The Morgan fingerprint density at radius 1 is 1.15 bits per heavy atom. The molecule has 1 aromatic carbocycles. The largest absolute Gasteiger partial charge is 0.497 e. The molecule has 0 bridgehead atoms. The molecule has 0 spiro atoms. The van der Waals surface area contributed by atoms with E-state index in [1.165, 1.54) is 11.9 Å². The van der Waals surface area contributed by atoms with Crippen molar-refractivity contribution in [3.05, 3.63) is 53.4 Å². The van der Waals surface area contributed by atoms with Gasteiger partial charge in [0.05, 0.1) is 12.5 Å². The molecule has 0 fully saturated rings. The third-order valence-electron chi connectivity index (χ3n) is 4.09. The Kier molecular flexibility index (Phi) is 4.53. The van der Waals surface area contributed by atoms with Gasteiger partial charge in [-0.25, -0.2) is 9.97 Å². The van der Waals surface area contributed by atoms with E-state index in [4.69, 9.17) is 14.0 Å². The molecular weight excluding hydrogens is 350 g/mol. The summed E-state index contributed by atoms with van der Waals surface area (Å²) in [5, 5.41) is 7.19. The molecule has 0 aliphatic heterocycles. The molecule has 0 radical (unpaired) electrons. The molecule has 0 saturated heterocycles. The lowest BCUT2D eigenvalue weighted by Gasteiger charge is -2.04. The Labute approximate surface area is 154 Å². The average molecular weight is 367 g/mol. The van der Waals surface area contributed by atoms with E-state index in [0.717, 1.165) is 33.6 Å². The van der Waals surface area contributed by atoms with Crippen LogP contribution in [0.5, 0.6) is 11.6 Å². The van der Waals surface area contributed by atoms with Gasteiger partial charge in [-0.3, -0.25) is 0 Å². The topological polar surface area (TPSA) is 70.3 Å². The van der Waals surface area contributed by atoms with Crippen molar-refractivity contribution in [1.82, 2.24) is 15.1 Å². The van der Waals surface area contributed by atoms with Gasteiger partial charge in [0.2, 0.25) is 5.88 Å². The van der Waals surface area contributed by atoms with Crippen LogP contribution in [0.3, 0.4) is 0 Å². The van der Waals surface area contributed by atoms with E-state index < -0.39 is 0 Å². The van der Waals surface area contributed by atoms with Gasteiger partial charge in [0, 0.05) is 11.6 Å². The first-order valence-electron chi connectivity index (χ1n) is 8.22. The minimum Gasteiger partial charge on any atom is -0.497 e. The highest BCUT2D eigenvalue weighted by molar-refractivity contribution is 7.17. The molecule has 0 unspecified atom stereocenters. The monoisotopic (exact) mass is 367 g/mol. The van der Waals surface area contributed by atoms with Crippen LogP contribution in [-0.2, 0) is 13.0 Å². The molecule has 3 heterocycles. The van der Waals surface area contributed by atoms with Gasteiger partial charge < -0.3 is 14.0 Å². The number of hydrogen-bond acceptors (Lipinski definition) is 7. The lowest BCUT2D eigenvalue weighted by molar-refractivity contribution is 0.244. The average Bonchev–Trinajstić information content (AvgIpc) is 3.33. The van der Waals surface area contributed by atoms with E-state index in [1.807, 2.05) is 30.3 Å². The summed E-state index contributed by atoms with van der Waals surface area (Å²) in [7, 11) is 1.64. The summed E-state index contributed by atoms with van der Waals surface area (Å²) in [5.74, 6) is 2.02. The number of thiophene rings is 1. The van der Waals surface area contributed by atoms with Crippen molar-refractivity contribution >= 4 is 21.6 Å². The fraction of sp³-hybridized carbons (Fsp3) is 0.211. The van der Waals surface area contributed by atoms with Gasteiger partial charge >= 0.3 is 0 Å². The quantitative estimate of drug-likeness (QED) is 0.500. The zero-order valence-electron chi connectivity index (χ0n) is 14.4. The van der Waals surface area contributed by atoms with Crippen molar-refractivity contribution < 1.29 is 14.0 Å². The van der Waals surface area contributed by atoms with Crippen LogP contribution in [0.15, 0.2) is 46.6 Å². The van der Waals surface area contributed by atoms with E-state index in [-0.39, 0.29) is 6.61 Å². The van der Waals surface area contributed by atoms with E-state index in [2.05, 4.69) is 27.4 Å². The second-order valence-electron chi connectivity index (χ2n) is 5.67. The van der Waals surface area contributed by atoms with Crippen LogP contribution in [0.1, 0.15) is 18.2 Å². The molecule has 0 amide bonds. The molecule has 132 valence electrons. The first-order chi connectivity index (χ1) is 12.8. The predicted molar refractivity (Wildman–Crippen MR) is 99.6 cm³/mol. The molecule has 0 aliphatic rings. The SMILES string of the molecule is CCc1csc2ncnc(OCc3cc(-c4ccc(OC)cc4)no3)c12. The molecule has 3 aromatic heterocycles. The number of rotatable bonds is 6. The van der Waals surface area contributed by atoms with Crippen molar-refractivity contribution in [1.29, 1.82) is 0 Å². The highest BCUT2D eigenvalue weighted by Gasteiger charge is 2.13. The fourth-order valence-electron chi connectivity index (χ4n) is 2.69. The number of ether oxygens (including phenoxy) is 2. The maximum atomic E-state index is 5.89. The van der Waals surface area contributed by atoms with E-state index in [0.29, 0.717) is 11.6 Å². The molecule has 4 rings (SSSR count). The van der Waals surface area contributed by atoms with Gasteiger partial charge in [0.25, 0.3) is 0 Å². The van der Waals surface area contributed by atoms with Gasteiger partial charge in [-0.15, -0.1) is 11.3 Å². The fourth-order valence-corrected chi connectivity index (χ4v) is 3.67. The van der Waals surface area contributed by atoms with Crippen molar-refractivity contribution in [2.75, 3.05) is 7.11 Å². The molecule has 7 heteroatoms. The summed E-state index contributed by atoms with van der Waals surface area (Å²) in [6, 6.07) is 9.53. The Hall–Kier alpha value is -2.93. The summed E-state index contributed by atoms with van der Waals surface area (Å²) >= 11 is 1.60. The maximum absolute atomic E-state index is 5.89. The summed E-state index contributed by atoms with van der Waals surface area (Å²) in [6.07, 6.45) is 2.43. The Morgan fingerprint density at radius 3 is 2.77 bits per heavy atom. The summed E-state index contributed by atoms with van der Waals surface area (Å²) in [6.45, 7) is 2.37. The lowest BCUT2D eigenvalue weighted by atomic mass is 10.1. The van der Waals surface area contributed by atoms with Crippen LogP contribution in [0.2, 0.25) is 0 Å². The van der Waals surface area contributed by atoms with Crippen LogP contribution < -0.4 is 9.47 Å². The van der Waals surface area contributed by atoms with Gasteiger partial charge in [0.15, 0.2) is 12.4 Å².